The van der Waals surface area contributed by atoms with Gasteiger partial charge < -0.3 is 29.0 Å². The number of hydrogen-bond donors (Lipinski definition) is 1. The van der Waals surface area contributed by atoms with Crippen LogP contribution < -0.4 is 19.5 Å². The standard InChI is InChI=1S/C47H49N7O11S3/c1-47(2,3)65-46(56)48-25-26-67(57,58)39-24-23-36(37-9-8-10-38-41(37)49-44(66-38)45(55)64-7)40(43-50-52-54(51-43)29-32-15-21-35(63-6)22-16-32)42(39)68(59,60)53(27-30-11-17-33(61-4)18-12-30)28-31-13-19-34(62-5)20-14-31/h8-24H,25-29H2,1-7H3,(H,48,56). The molecule has 0 atom stereocenters. The molecule has 356 valence electrons. The van der Waals surface area contributed by atoms with Crippen molar-refractivity contribution in [1.29, 1.82) is 0 Å². The van der Waals surface area contributed by atoms with Gasteiger partial charge in [0.15, 0.2) is 9.84 Å². The van der Waals surface area contributed by atoms with Gasteiger partial charge >= 0.3 is 12.1 Å². The molecule has 0 unspecified atom stereocenters. The second-order valence-electron chi connectivity index (χ2n) is 16.2. The molecular formula is C47H49N7O11S3. The summed E-state index contributed by atoms with van der Waals surface area (Å²) in [6.07, 6.45) is -0.859. The first-order valence-corrected chi connectivity index (χ1v) is 24.9. The van der Waals surface area contributed by atoms with Crippen molar-refractivity contribution in [2.75, 3.05) is 40.7 Å². The van der Waals surface area contributed by atoms with Crippen LogP contribution in [0.15, 0.2) is 113 Å². The van der Waals surface area contributed by atoms with E-state index >= 15 is 8.42 Å². The van der Waals surface area contributed by atoms with Gasteiger partial charge in [-0.1, -0.05) is 54.6 Å². The molecule has 7 aromatic rings. The summed E-state index contributed by atoms with van der Waals surface area (Å²) in [5.74, 6) is 0.0594. The second-order valence-corrected chi connectivity index (χ2v) is 21.2. The molecule has 2 heterocycles. The Morgan fingerprint density at radius 3 is 1.85 bits per heavy atom. The topological polar surface area (TPSA) is 220 Å². The van der Waals surface area contributed by atoms with Crippen molar-refractivity contribution in [3.05, 3.63) is 125 Å². The summed E-state index contributed by atoms with van der Waals surface area (Å²) in [4.78, 5) is 30.1. The van der Waals surface area contributed by atoms with Crippen LogP contribution in [-0.2, 0) is 49.0 Å². The number of sulfonamides is 1. The average Bonchev–Trinajstić information content (AvgIpc) is 3.98. The van der Waals surface area contributed by atoms with Gasteiger partial charge in [0, 0.05) is 25.2 Å². The van der Waals surface area contributed by atoms with Crippen LogP contribution in [0, 0.1) is 0 Å². The summed E-state index contributed by atoms with van der Waals surface area (Å²) in [5, 5.41) is 15.9. The zero-order valence-electron chi connectivity index (χ0n) is 38.2. The van der Waals surface area contributed by atoms with E-state index in [2.05, 4.69) is 20.6 Å². The predicted molar refractivity (Wildman–Crippen MR) is 254 cm³/mol. The Hall–Kier alpha value is -6.94. The van der Waals surface area contributed by atoms with Gasteiger partial charge in [0.25, 0.3) is 0 Å². The Labute approximate surface area is 397 Å². The summed E-state index contributed by atoms with van der Waals surface area (Å²) in [7, 11) is -3.80. The molecule has 1 N–H and O–H groups in total. The number of para-hydroxylation sites is 1. The van der Waals surface area contributed by atoms with E-state index in [-0.39, 0.29) is 41.6 Å². The highest BCUT2D eigenvalue weighted by molar-refractivity contribution is 7.93. The van der Waals surface area contributed by atoms with Gasteiger partial charge in [-0.25, -0.2) is 31.4 Å². The summed E-state index contributed by atoms with van der Waals surface area (Å²) in [6.45, 7) is 4.19. The van der Waals surface area contributed by atoms with Crippen molar-refractivity contribution < 1.29 is 50.1 Å². The molecular weight excluding hydrogens is 935 g/mol. The van der Waals surface area contributed by atoms with Crippen LogP contribution in [0.5, 0.6) is 17.2 Å². The number of carbonyl (C=O) groups is 2. The number of benzene rings is 5. The molecule has 68 heavy (non-hydrogen) atoms. The normalized spacial score (nSPS) is 11.9. The van der Waals surface area contributed by atoms with Crippen LogP contribution in [0.3, 0.4) is 0 Å². The Bertz CT molecular complexity index is 3100. The number of sulfone groups is 1. The lowest BCUT2D eigenvalue weighted by molar-refractivity contribution is 0.0530. The average molecular weight is 984 g/mol. The Balaban J connectivity index is 1.50. The molecule has 1 amide bonds. The van der Waals surface area contributed by atoms with Crippen LogP contribution in [0.4, 0.5) is 4.79 Å². The smallest absolute Gasteiger partial charge is 0.407 e. The number of aromatic nitrogens is 5. The molecule has 0 saturated carbocycles. The number of methoxy groups -OCH3 is 4. The number of carbonyl (C=O) groups excluding carboxylic acids is 2. The quantitative estimate of drug-likeness (QED) is 0.0843. The van der Waals surface area contributed by atoms with Crippen molar-refractivity contribution in [2.45, 2.75) is 55.8 Å². The third kappa shape index (κ3) is 11.2. The first-order valence-electron chi connectivity index (χ1n) is 20.9. The number of alkyl carbamates (subject to hydrolysis) is 1. The maximum atomic E-state index is 16.1. The highest BCUT2D eigenvalue weighted by atomic mass is 32.2. The number of hydrogen-bond acceptors (Lipinski definition) is 16. The van der Waals surface area contributed by atoms with E-state index in [0.29, 0.717) is 44.2 Å². The lowest BCUT2D eigenvalue weighted by atomic mass is 9.98. The van der Waals surface area contributed by atoms with Gasteiger partial charge in [0.1, 0.15) is 27.7 Å². The number of rotatable bonds is 18. The zero-order valence-corrected chi connectivity index (χ0v) is 40.7. The first-order chi connectivity index (χ1) is 32.4. The second kappa shape index (κ2) is 20.5. The van der Waals surface area contributed by atoms with E-state index in [0.717, 1.165) is 21.2 Å². The SMILES string of the molecule is COC(=O)c1nc2c(-c3ccc(S(=O)(=O)CCNC(=O)OC(C)(C)C)c(S(=O)(=O)N(Cc4ccc(OC)cc4)Cc4ccc(OC)cc4)c3-c3nnn(Cc4ccc(OC)cc4)n3)cccc2s1. The molecule has 2 aromatic heterocycles. The van der Waals surface area contributed by atoms with Crippen LogP contribution in [0.1, 0.15) is 47.3 Å². The number of esters is 1. The molecule has 0 saturated heterocycles. The minimum atomic E-state index is -4.98. The molecule has 7 rings (SSSR count). The maximum Gasteiger partial charge on any atom is 0.407 e. The lowest BCUT2D eigenvalue weighted by Crippen LogP contribution is -2.35. The molecule has 0 fully saturated rings. The third-order valence-electron chi connectivity index (χ3n) is 10.4. The van der Waals surface area contributed by atoms with Gasteiger partial charge in [-0.15, -0.1) is 21.5 Å². The molecule has 21 heteroatoms. The molecule has 0 aliphatic carbocycles. The van der Waals surface area contributed by atoms with Crippen LogP contribution in [0.25, 0.3) is 32.7 Å². The van der Waals surface area contributed by atoms with Gasteiger partial charge in [-0.2, -0.15) is 9.10 Å². The molecule has 5 aromatic carbocycles. The number of fused-ring (bicyclic) bond motifs is 1. The van der Waals surface area contributed by atoms with E-state index in [1.807, 2.05) is 0 Å². The van der Waals surface area contributed by atoms with E-state index in [4.69, 9.17) is 28.8 Å². The van der Waals surface area contributed by atoms with Crippen molar-refractivity contribution >= 4 is 53.5 Å². The summed E-state index contributed by atoms with van der Waals surface area (Å²) in [5.41, 5.74) is 1.58. The molecule has 0 aliphatic heterocycles. The highest BCUT2D eigenvalue weighted by Crippen LogP contribution is 2.44. The molecule has 0 radical (unpaired) electrons. The summed E-state index contributed by atoms with van der Waals surface area (Å²) < 4.78 is 90.0. The molecule has 0 spiro atoms. The minimum Gasteiger partial charge on any atom is -0.497 e. The maximum absolute atomic E-state index is 16.1. The fourth-order valence-electron chi connectivity index (χ4n) is 7.09. The first kappa shape index (κ1) is 49.0. The van der Waals surface area contributed by atoms with Gasteiger partial charge in [0.05, 0.1) is 61.4 Å². The van der Waals surface area contributed by atoms with Crippen molar-refractivity contribution in [1.82, 2.24) is 34.8 Å². The fraction of sp³-hybridized carbons (Fsp3) is 0.277. The molecule has 0 bridgehead atoms. The van der Waals surface area contributed by atoms with Gasteiger partial charge in [-0.05, 0) is 96.8 Å². The Morgan fingerprint density at radius 1 is 0.735 bits per heavy atom. The Kier molecular flexibility index (Phi) is 14.8. The Morgan fingerprint density at radius 2 is 1.31 bits per heavy atom. The number of tetrazole rings is 1. The number of thiazole rings is 1. The number of ether oxygens (including phenoxy) is 5. The molecule has 0 aliphatic rings. The van der Waals surface area contributed by atoms with Crippen molar-refractivity contribution in [3.8, 4) is 39.8 Å². The molecule has 18 nitrogen and oxygen atoms in total. The summed E-state index contributed by atoms with van der Waals surface area (Å²) >= 11 is 1.07. The fourth-order valence-corrected chi connectivity index (χ4v) is 11.6. The number of nitrogens with one attached hydrogen (secondary N) is 1. The van der Waals surface area contributed by atoms with E-state index in [1.54, 1.807) is 119 Å². The van der Waals surface area contributed by atoms with Crippen LogP contribution in [0.2, 0.25) is 0 Å². The van der Waals surface area contributed by atoms with Crippen LogP contribution in [-0.4, -0.2) is 105 Å². The lowest BCUT2D eigenvalue weighted by Gasteiger charge is -2.26. The number of nitrogens with zero attached hydrogens (tertiary/aromatic N) is 6. The van der Waals surface area contributed by atoms with Crippen LogP contribution >= 0.6 is 11.3 Å². The monoisotopic (exact) mass is 983 g/mol. The van der Waals surface area contributed by atoms with Crippen molar-refractivity contribution in [2.24, 2.45) is 0 Å². The number of amides is 1. The zero-order chi connectivity index (χ0) is 48.8. The predicted octanol–water partition coefficient (Wildman–Crippen LogP) is 7.17. The van der Waals surface area contributed by atoms with E-state index in [1.165, 1.54) is 38.3 Å². The van der Waals surface area contributed by atoms with E-state index < -0.39 is 59.6 Å². The van der Waals surface area contributed by atoms with Gasteiger partial charge in [0.2, 0.25) is 20.9 Å². The minimum absolute atomic E-state index is 0.0368. The van der Waals surface area contributed by atoms with Gasteiger partial charge in [-0.3, -0.25) is 0 Å². The van der Waals surface area contributed by atoms with Crippen molar-refractivity contribution in [3.63, 3.8) is 0 Å². The van der Waals surface area contributed by atoms with E-state index in [9.17, 15) is 18.0 Å². The third-order valence-corrected chi connectivity index (χ3v) is 15.1. The highest BCUT2D eigenvalue weighted by Gasteiger charge is 2.38. The largest absolute Gasteiger partial charge is 0.497 e. The summed E-state index contributed by atoms with van der Waals surface area (Å²) in [6, 6.07) is 28.5.